The highest BCUT2D eigenvalue weighted by Crippen LogP contribution is 2.26. The van der Waals surface area contributed by atoms with Crippen LogP contribution in [0.1, 0.15) is 24.0 Å². The van der Waals surface area contributed by atoms with E-state index in [0.717, 1.165) is 11.1 Å². The summed E-state index contributed by atoms with van der Waals surface area (Å²) in [6.45, 7) is 4.34. The van der Waals surface area contributed by atoms with Gasteiger partial charge in [0.2, 0.25) is 5.91 Å². The van der Waals surface area contributed by atoms with Crippen LogP contribution in [-0.4, -0.2) is 51.9 Å². The number of esters is 1. The van der Waals surface area contributed by atoms with Crippen LogP contribution in [0.25, 0.3) is 0 Å². The van der Waals surface area contributed by atoms with Crippen molar-refractivity contribution in [3.8, 4) is 0 Å². The van der Waals surface area contributed by atoms with Gasteiger partial charge in [-0.25, -0.2) is 8.42 Å². The first-order valence-corrected chi connectivity index (χ1v) is 11.7. The molecule has 1 saturated heterocycles. The fraction of sp³-hybridized carbons (Fsp3) is 0.391. The summed E-state index contributed by atoms with van der Waals surface area (Å²) in [7, 11) is -2.58. The maximum Gasteiger partial charge on any atom is 0.308 e. The molecule has 7 nitrogen and oxygen atoms in total. The third-order valence-corrected chi connectivity index (χ3v) is 7.56. The predicted octanol–water partition coefficient (Wildman–Crippen LogP) is 2.91. The lowest BCUT2D eigenvalue weighted by molar-refractivity contribution is -0.148. The van der Waals surface area contributed by atoms with Crippen LogP contribution in [0.4, 0.5) is 5.69 Å². The fourth-order valence-corrected chi connectivity index (χ4v) is 5.10. The van der Waals surface area contributed by atoms with Crippen molar-refractivity contribution in [2.24, 2.45) is 5.92 Å². The second-order valence-corrected chi connectivity index (χ2v) is 9.63. The third-order valence-electron chi connectivity index (χ3n) is 5.77. The Morgan fingerprint density at radius 3 is 2.26 bits per heavy atom. The minimum absolute atomic E-state index is 0.130. The van der Waals surface area contributed by atoms with E-state index in [1.165, 1.54) is 23.5 Å². The number of piperidine rings is 1. The van der Waals surface area contributed by atoms with Crippen LogP contribution in [0.3, 0.4) is 0 Å². The monoisotopic (exact) mass is 444 g/mol. The molecular weight excluding hydrogens is 416 g/mol. The van der Waals surface area contributed by atoms with Crippen molar-refractivity contribution in [3.63, 3.8) is 0 Å². The number of sulfonamides is 1. The Balaban J connectivity index is 1.86. The molecule has 31 heavy (non-hydrogen) atoms. The topological polar surface area (TPSA) is 84.0 Å². The Kier molecular flexibility index (Phi) is 7.00. The largest absolute Gasteiger partial charge is 0.469 e. The first kappa shape index (κ1) is 22.8. The Morgan fingerprint density at radius 1 is 1.03 bits per heavy atom. The molecule has 0 N–H and O–H groups in total. The fourth-order valence-electron chi connectivity index (χ4n) is 3.67. The van der Waals surface area contributed by atoms with E-state index in [0.29, 0.717) is 31.6 Å². The van der Waals surface area contributed by atoms with E-state index in [-0.39, 0.29) is 29.2 Å². The third kappa shape index (κ3) is 5.07. The molecule has 3 rings (SSSR count). The SMILES string of the molecule is COC(=O)C1CCN(C(=O)CN(c2ccc(C)c(C)c2)S(=O)(=O)c2ccccc2)CC1. The van der Waals surface area contributed by atoms with Gasteiger partial charge in [-0.2, -0.15) is 0 Å². The van der Waals surface area contributed by atoms with Gasteiger partial charge in [0.05, 0.1) is 23.6 Å². The normalized spacial score (nSPS) is 14.9. The molecule has 2 aromatic carbocycles. The highest BCUT2D eigenvalue weighted by atomic mass is 32.2. The van der Waals surface area contributed by atoms with E-state index in [9.17, 15) is 18.0 Å². The Labute approximate surface area is 183 Å². The van der Waals surface area contributed by atoms with Gasteiger partial charge in [0.25, 0.3) is 10.0 Å². The number of rotatable bonds is 6. The number of methoxy groups -OCH3 is 1. The molecule has 0 aromatic heterocycles. The average molecular weight is 445 g/mol. The van der Waals surface area contributed by atoms with Gasteiger partial charge in [-0.3, -0.25) is 13.9 Å². The maximum absolute atomic E-state index is 13.4. The molecule has 1 aliphatic rings. The molecular formula is C23H28N2O5S. The molecule has 8 heteroatoms. The van der Waals surface area contributed by atoms with Gasteiger partial charge in [0.1, 0.15) is 6.54 Å². The predicted molar refractivity (Wildman–Crippen MR) is 118 cm³/mol. The molecule has 166 valence electrons. The van der Waals surface area contributed by atoms with E-state index in [2.05, 4.69) is 0 Å². The summed E-state index contributed by atoms with van der Waals surface area (Å²) in [5.74, 6) is -0.783. The van der Waals surface area contributed by atoms with Gasteiger partial charge in [0.15, 0.2) is 0 Å². The number of carbonyl (C=O) groups excluding carboxylic acids is 2. The van der Waals surface area contributed by atoms with E-state index < -0.39 is 10.0 Å². The summed E-state index contributed by atoms with van der Waals surface area (Å²) in [4.78, 5) is 26.6. The van der Waals surface area contributed by atoms with Gasteiger partial charge in [-0.15, -0.1) is 0 Å². The molecule has 0 spiro atoms. The van der Waals surface area contributed by atoms with Crippen LogP contribution < -0.4 is 4.31 Å². The summed E-state index contributed by atoms with van der Waals surface area (Å²) in [6, 6.07) is 13.5. The van der Waals surface area contributed by atoms with E-state index >= 15 is 0 Å². The Hall–Kier alpha value is -2.87. The number of hydrogen-bond donors (Lipinski definition) is 0. The zero-order chi connectivity index (χ0) is 22.6. The zero-order valence-electron chi connectivity index (χ0n) is 18.1. The van der Waals surface area contributed by atoms with Crippen LogP contribution in [0.5, 0.6) is 0 Å². The number of hydrogen-bond acceptors (Lipinski definition) is 5. The van der Waals surface area contributed by atoms with Crippen molar-refractivity contribution < 1.29 is 22.7 Å². The molecule has 0 bridgehead atoms. The molecule has 1 aliphatic heterocycles. The average Bonchev–Trinajstić information content (AvgIpc) is 2.79. The highest BCUT2D eigenvalue weighted by Gasteiger charge is 2.32. The maximum atomic E-state index is 13.4. The molecule has 1 heterocycles. The molecule has 0 atom stereocenters. The van der Waals surface area contributed by atoms with Crippen molar-refractivity contribution in [2.45, 2.75) is 31.6 Å². The Morgan fingerprint density at radius 2 is 1.68 bits per heavy atom. The highest BCUT2D eigenvalue weighted by molar-refractivity contribution is 7.92. The van der Waals surface area contributed by atoms with Gasteiger partial charge in [-0.1, -0.05) is 24.3 Å². The molecule has 1 fully saturated rings. The summed E-state index contributed by atoms with van der Waals surface area (Å²) in [6.07, 6.45) is 1.01. The number of anilines is 1. The molecule has 0 aliphatic carbocycles. The van der Waals surface area contributed by atoms with Crippen molar-refractivity contribution in [1.29, 1.82) is 0 Å². The van der Waals surface area contributed by atoms with Gasteiger partial charge in [0, 0.05) is 13.1 Å². The molecule has 0 unspecified atom stereocenters. The summed E-state index contributed by atoms with van der Waals surface area (Å²) in [5.41, 5.74) is 2.43. The second kappa shape index (κ2) is 9.51. The van der Waals surface area contributed by atoms with Gasteiger partial charge in [-0.05, 0) is 62.1 Å². The summed E-state index contributed by atoms with van der Waals surface area (Å²) >= 11 is 0. The van der Waals surface area contributed by atoms with E-state index in [4.69, 9.17) is 4.74 Å². The number of amides is 1. The molecule has 0 saturated carbocycles. The van der Waals surface area contributed by atoms with Gasteiger partial charge < -0.3 is 9.64 Å². The van der Waals surface area contributed by atoms with Crippen molar-refractivity contribution in [2.75, 3.05) is 31.0 Å². The molecule has 2 aromatic rings. The minimum Gasteiger partial charge on any atom is -0.469 e. The number of likely N-dealkylation sites (tertiary alicyclic amines) is 1. The molecule has 1 amide bonds. The first-order valence-electron chi connectivity index (χ1n) is 10.2. The van der Waals surface area contributed by atoms with Crippen LogP contribution >= 0.6 is 0 Å². The second-order valence-electron chi connectivity index (χ2n) is 7.77. The lowest BCUT2D eigenvalue weighted by Gasteiger charge is -2.33. The lowest BCUT2D eigenvalue weighted by atomic mass is 9.97. The standard InChI is InChI=1S/C23H28N2O5S/c1-17-9-10-20(15-18(17)2)25(31(28,29)21-7-5-4-6-8-21)16-22(26)24-13-11-19(12-14-24)23(27)30-3/h4-10,15,19H,11-14,16H2,1-3H3. The number of carbonyl (C=O) groups is 2. The number of ether oxygens (including phenoxy) is 1. The van der Waals surface area contributed by atoms with Crippen molar-refractivity contribution in [1.82, 2.24) is 4.90 Å². The van der Waals surface area contributed by atoms with Crippen LogP contribution in [0.2, 0.25) is 0 Å². The molecule has 0 radical (unpaired) electrons. The quantitative estimate of drug-likeness (QED) is 0.640. The summed E-state index contributed by atoms with van der Waals surface area (Å²) < 4.78 is 32.8. The van der Waals surface area contributed by atoms with Crippen LogP contribution in [0.15, 0.2) is 53.4 Å². The van der Waals surface area contributed by atoms with Crippen molar-refractivity contribution in [3.05, 3.63) is 59.7 Å². The Bertz CT molecular complexity index is 1040. The van der Waals surface area contributed by atoms with Crippen LogP contribution in [0, 0.1) is 19.8 Å². The zero-order valence-corrected chi connectivity index (χ0v) is 18.9. The minimum atomic E-state index is -3.93. The first-order chi connectivity index (χ1) is 14.7. The number of benzene rings is 2. The van der Waals surface area contributed by atoms with E-state index in [1.807, 2.05) is 19.9 Å². The van der Waals surface area contributed by atoms with E-state index in [1.54, 1.807) is 35.2 Å². The number of aryl methyl sites for hydroxylation is 2. The smallest absolute Gasteiger partial charge is 0.308 e. The lowest BCUT2D eigenvalue weighted by Crippen LogP contribution is -2.46. The van der Waals surface area contributed by atoms with Crippen LogP contribution in [-0.2, 0) is 24.3 Å². The number of nitrogens with zero attached hydrogens (tertiary/aromatic N) is 2. The van der Waals surface area contributed by atoms with Gasteiger partial charge >= 0.3 is 5.97 Å². The summed E-state index contributed by atoms with van der Waals surface area (Å²) in [5, 5.41) is 0. The van der Waals surface area contributed by atoms with Crippen molar-refractivity contribution >= 4 is 27.6 Å².